The third-order valence-corrected chi connectivity index (χ3v) is 8.28. The summed E-state index contributed by atoms with van der Waals surface area (Å²) < 4.78 is 2.37. The number of hydrogen-bond acceptors (Lipinski definition) is 0. The fraction of sp³-hybridized carbons (Fsp3) is 0. The molecule has 0 amide bonds. The van der Waals surface area contributed by atoms with Gasteiger partial charge in [-0.15, -0.1) is 0 Å². The predicted molar refractivity (Wildman–Crippen MR) is 165 cm³/mol. The van der Waals surface area contributed by atoms with Crippen molar-refractivity contribution in [1.82, 2.24) is 14.5 Å². The minimum atomic E-state index is 1.15. The van der Waals surface area contributed by atoms with Gasteiger partial charge in [-0.25, -0.2) is 0 Å². The molecule has 0 aliphatic rings. The molecule has 9 rings (SSSR count). The van der Waals surface area contributed by atoms with Crippen LogP contribution in [0.2, 0.25) is 0 Å². The number of benzene rings is 6. The Kier molecular flexibility index (Phi) is 4.05. The lowest BCUT2D eigenvalue weighted by molar-refractivity contribution is 1.18. The van der Waals surface area contributed by atoms with Crippen molar-refractivity contribution in [2.24, 2.45) is 0 Å². The van der Waals surface area contributed by atoms with E-state index in [2.05, 4.69) is 142 Å². The van der Waals surface area contributed by atoms with Crippen molar-refractivity contribution in [2.75, 3.05) is 0 Å². The number of rotatable bonds is 2. The van der Waals surface area contributed by atoms with Gasteiger partial charge >= 0.3 is 0 Å². The molecule has 3 aromatic heterocycles. The van der Waals surface area contributed by atoms with E-state index in [1.807, 2.05) is 0 Å². The van der Waals surface area contributed by atoms with Crippen LogP contribution >= 0.6 is 0 Å². The van der Waals surface area contributed by atoms with Crippen molar-refractivity contribution >= 4 is 65.4 Å². The molecule has 0 aliphatic heterocycles. The fourth-order valence-corrected chi connectivity index (χ4v) is 6.55. The van der Waals surface area contributed by atoms with Crippen LogP contribution in [0.4, 0.5) is 0 Å². The van der Waals surface area contributed by atoms with Gasteiger partial charge in [0.2, 0.25) is 0 Å². The van der Waals surface area contributed by atoms with Gasteiger partial charge in [0, 0.05) is 49.0 Å². The number of nitrogens with one attached hydrogen (secondary N) is 2. The summed E-state index contributed by atoms with van der Waals surface area (Å²) in [5.74, 6) is 0. The van der Waals surface area contributed by atoms with Crippen LogP contribution in [0, 0.1) is 0 Å². The van der Waals surface area contributed by atoms with E-state index in [1.54, 1.807) is 0 Å². The number of fused-ring (bicyclic) bond motifs is 10. The van der Waals surface area contributed by atoms with Crippen LogP contribution in [-0.4, -0.2) is 14.5 Å². The molecular weight excluding hydrogens is 474 g/mol. The molecular formula is C36H23N3. The second-order valence-electron chi connectivity index (χ2n) is 10.4. The molecule has 0 fully saturated rings. The first-order valence-electron chi connectivity index (χ1n) is 13.4. The molecule has 2 N–H and O–H groups in total. The SMILES string of the molecule is c1ccc2c(c1)[nH]c1c2cc(-c2ccc(-n3c4ccccc4c4ccccc43)cc2)c2c3ccccc3[nH]c12. The van der Waals surface area contributed by atoms with Gasteiger partial charge in [-0.2, -0.15) is 0 Å². The molecule has 3 heteroatoms. The van der Waals surface area contributed by atoms with Crippen molar-refractivity contribution in [3.63, 3.8) is 0 Å². The molecule has 3 heterocycles. The summed E-state index contributed by atoms with van der Waals surface area (Å²) in [4.78, 5) is 7.42. The first-order chi connectivity index (χ1) is 19.3. The zero-order chi connectivity index (χ0) is 25.5. The Morgan fingerprint density at radius 3 is 1.67 bits per heavy atom. The molecule has 0 atom stereocenters. The van der Waals surface area contributed by atoms with Gasteiger partial charge in [0.1, 0.15) is 0 Å². The second kappa shape index (κ2) is 7.62. The largest absolute Gasteiger partial charge is 0.353 e. The zero-order valence-electron chi connectivity index (χ0n) is 21.1. The minimum absolute atomic E-state index is 1.15. The Labute approximate surface area is 223 Å². The van der Waals surface area contributed by atoms with Crippen molar-refractivity contribution in [1.29, 1.82) is 0 Å². The van der Waals surface area contributed by atoms with Crippen LogP contribution in [0.3, 0.4) is 0 Å². The van der Waals surface area contributed by atoms with E-state index in [4.69, 9.17) is 0 Å². The molecule has 6 aromatic carbocycles. The number of aromatic amines is 2. The van der Waals surface area contributed by atoms with E-state index in [0.29, 0.717) is 0 Å². The zero-order valence-corrected chi connectivity index (χ0v) is 21.1. The average Bonchev–Trinajstić information content (AvgIpc) is 3.67. The lowest BCUT2D eigenvalue weighted by Gasteiger charge is -2.11. The summed E-state index contributed by atoms with van der Waals surface area (Å²) in [6.07, 6.45) is 0. The van der Waals surface area contributed by atoms with E-state index in [9.17, 15) is 0 Å². The van der Waals surface area contributed by atoms with E-state index in [-0.39, 0.29) is 0 Å². The Bertz CT molecular complexity index is 2330. The monoisotopic (exact) mass is 497 g/mol. The lowest BCUT2D eigenvalue weighted by Crippen LogP contribution is -1.93. The van der Waals surface area contributed by atoms with Gasteiger partial charge in [0.25, 0.3) is 0 Å². The maximum Gasteiger partial charge on any atom is 0.0716 e. The van der Waals surface area contributed by atoms with Crippen LogP contribution in [0.1, 0.15) is 0 Å². The smallest absolute Gasteiger partial charge is 0.0716 e. The molecule has 0 spiro atoms. The maximum absolute atomic E-state index is 3.73. The average molecular weight is 498 g/mol. The molecule has 0 saturated carbocycles. The van der Waals surface area contributed by atoms with Crippen LogP contribution in [0.15, 0.2) is 127 Å². The predicted octanol–water partition coefficient (Wildman–Crippen LogP) is 9.72. The van der Waals surface area contributed by atoms with Gasteiger partial charge in [-0.05, 0) is 53.6 Å². The summed E-state index contributed by atoms with van der Waals surface area (Å²) in [6.45, 7) is 0. The first-order valence-corrected chi connectivity index (χ1v) is 13.4. The van der Waals surface area contributed by atoms with Crippen molar-refractivity contribution < 1.29 is 0 Å². The Morgan fingerprint density at radius 2 is 0.974 bits per heavy atom. The van der Waals surface area contributed by atoms with Crippen LogP contribution in [-0.2, 0) is 0 Å². The number of hydrogen-bond donors (Lipinski definition) is 2. The van der Waals surface area contributed by atoms with E-state index < -0.39 is 0 Å². The minimum Gasteiger partial charge on any atom is -0.353 e. The third-order valence-electron chi connectivity index (χ3n) is 8.28. The molecule has 0 bridgehead atoms. The highest BCUT2D eigenvalue weighted by Crippen LogP contribution is 2.41. The van der Waals surface area contributed by atoms with Gasteiger partial charge < -0.3 is 14.5 Å². The van der Waals surface area contributed by atoms with Crippen molar-refractivity contribution in [3.8, 4) is 16.8 Å². The number of nitrogens with zero attached hydrogens (tertiary/aromatic N) is 1. The molecule has 0 aliphatic carbocycles. The van der Waals surface area contributed by atoms with Crippen molar-refractivity contribution in [2.45, 2.75) is 0 Å². The van der Waals surface area contributed by atoms with Gasteiger partial charge in [-0.3, -0.25) is 0 Å². The van der Waals surface area contributed by atoms with E-state index >= 15 is 0 Å². The highest BCUT2D eigenvalue weighted by molar-refractivity contribution is 6.26. The summed E-state index contributed by atoms with van der Waals surface area (Å²) in [7, 11) is 0. The summed E-state index contributed by atoms with van der Waals surface area (Å²) in [5.41, 5.74) is 10.7. The third kappa shape index (κ3) is 2.82. The Balaban J connectivity index is 1.32. The second-order valence-corrected chi connectivity index (χ2v) is 10.4. The van der Waals surface area contributed by atoms with Gasteiger partial charge in [0.05, 0.1) is 22.1 Å². The number of para-hydroxylation sites is 4. The molecule has 39 heavy (non-hydrogen) atoms. The highest BCUT2D eigenvalue weighted by atomic mass is 15.0. The molecule has 0 unspecified atom stereocenters. The quantitative estimate of drug-likeness (QED) is 0.238. The molecule has 0 saturated heterocycles. The molecule has 9 aromatic rings. The van der Waals surface area contributed by atoms with Gasteiger partial charge in [-0.1, -0.05) is 84.9 Å². The fourth-order valence-electron chi connectivity index (χ4n) is 6.55. The van der Waals surface area contributed by atoms with E-state index in [1.165, 1.54) is 60.2 Å². The van der Waals surface area contributed by atoms with Gasteiger partial charge in [0.15, 0.2) is 0 Å². The topological polar surface area (TPSA) is 36.5 Å². The van der Waals surface area contributed by atoms with Crippen LogP contribution < -0.4 is 0 Å². The standard InChI is InChI=1S/C36H23N3/c1-5-13-30-24(9-1)29-21-28(34-27-12-2-6-14-31(27)38-36(34)35(29)37-30)22-17-19-23(20-18-22)39-32-15-7-3-10-25(32)26-11-4-8-16-33(26)39/h1-21,37-38H. The van der Waals surface area contributed by atoms with Crippen LogP contribution in [0.5, 0.6) is 0 Å². The van der Waals surface area contributed by atoms with E-state index in [0.717, 1.165) is 22.1 Å². The van der Waals surface area contributed by atoms with Crippen molar-refractivity contribution in [3.05, 3.63) is 127 Å². The Morgan fingerprint density at radius 1 is 0.436 bits per heavy atom. The summed E-state index contributed by atoms with van der Waals surface area (Å²) in [5, 5.41) is 7.55. The Hall–Kier alpha value is -5.28. The molecule has 0 radical (unpaired) electrons. The molecule has 3 nitrogen and oxygen atoms in total. The number of aromatic nitrogens is 3. The maximum atomic E-state index is 3.73. The summed E-state index contributed by atoms with van der Waals surface area (Å²) >= 11 is 0. The molecule has 182 valence electrons. The normalized spacial score (nSPS) is 12.1. The summed E-state index contributed by atoms with van der Waals surface area (Å²) in [6, 6.07) is 45.9. The first kappa shape index (κ1) is 20.7. The van der Waals surface area contributed by atoms with Crippen LogP contribution in [0.25, 0.3) is 82.2 Å². The highest BCUT2D eigenvalue weighted by Gasteiger charge is 2.18. The lowest BCUT2D eigenvalue weighted by atomic mass is 9.96. The number of H-pyrrole nitrogens is 2.